The van der Waals surface area contributed by atoms with E-state index in [1.165, 1.54) is 0 Å². The lowest BCUT2D eigenvalue weighted by atomic mass is 9.85. The maximum absolute atomic E-state index is 13.5. The molecule has 3 aromatic rings. The zero-order valence-electron chi connectivity index (χ0n) is 18.5. The first kappa shape index (κ1) is 22.3. The molecule has 2 N–H and O–H groups in total. The number of hydrogen-bond donors (Lipinski definition) is 2. The van der Waals surface area contributed by atoms with Crippen LogP contribution in [0.5, 0.6) is 0 Å². The molecule has 0 aliphatic carbocycles. The molecule has 4 rings (SSSR count). The monoisotopic (exact) mass is 441 g/mol. The zero-order valence-corrected chi connectivity index (χ0v) is 18.5. The topological polar surface area (TPSA) is 78.5 Å². The summed E-state index contributed by atoms with van der Waals surface area (Å²) >= 11 is 0. The molecule has 0 spiro atoms. The Balaban J connectivity index is 1.56. The van der Waals surface area contributed by atoms with E-state index in [0.717, 1.165) is 21.6 Å². The van der Waals surface area contributed by atoms with Crippen molar-refractivity contribution in [2.75, 3.05) is 6.54 Å². The Morgan fingerprint density at radius 1 is 0.879 bits per heavy atom. The third-order valence-electron chi connectivity index (χ3n) is 5.94. The number of imide groups is 1. The Kier molecular flexibility index (Phi) is 6.54. The molecular formula is C27H27N3O3. The molecule has 0 aromatic heterocycles. The normalized spacial score (nSPS) is 17.8. The van der Waals surface area contributed by atoms with Gasteiger partial charge in [0.1, 0.15) is 12.1 Å². The third kappa shape index (κ3) is 4.51. The Morgan fingerprint density at radius 2 is 1.39 bits per heavy atom. The number of carbonyl (C=O) groups excluding carboxylic acids is 3. The van der Waals surface area contributed by atoms with Crippen LogP contribution in [0.1, 0.15) is 42.5 Å². The fraction of sp³-hybridized carbons (Fsp3) is 0.222. The molecule has 0 unspecified atom stereocenters. The van der Waals surface area contributed by atoms with Crippen molar-refractivity contribution in [2.24, 2.45) is 0 Å². The van der Waals surface area contributed by atoms with Crippen molar-refractivity contribution in [2.45, 2.75) is 31.3 Å². The van der Waals surface area contributed by atoms with Crippen molar-refractivity contribution in [1.82, 2.24) is 15.5 Å². The van der Waals surface area contributed by atoms with Crippen LogP contribution in [0.2, 0.25) is 0 Å². The minimum Gasteiger partial charge on any atom is -0.344 e. The number of urea groups is 1. The lowest BCUT2D eigenvalue weighted by Gasteiger charge is -2.27. The first-order chi connectivity index (χ1) is 16.0. The van der Waals surface area contributed by atoms with E-state index < -0.39 is 29.4 Å². The third-order valence-corrected chi connectivity index (χ3v) is 5.94. The van der Waals surface area contributed by atoms with Crippen molar-refractivity contribution in [1.29, 1.82) is 0 Å². The molecular weight excluding hydrogens is 414 g/mol. The van der Waals surface area contributed by atoms with Gasteiger partial charge in [-0.15, -0.1) is 0 Å². The van der Waals surface area contributed by atoms with Gasteiger partial charge in [0.15, 0.2) is 0 Å². The predicted octanol–water partition coefficient (Wildman–Crippen LogP) is 4.14. The number of rotatable bonds is 8. The van der Waals surface area contributed by atoms with Crippen molar-refractivity contribution < 1.29 is 14.4 Å². The molecule has 0 saturated carbocycles. The van der Waals surface area contributed by atoms with Crippen molar-refractivity contribution in [3.63, 3.8) is 0 Å². The summed E-state index contributed by atoms with van der Waals surface area (Å²) in [7, 11) is 0. The highest BCUT2D eigenvalue weighted by atomic mass is 16.2. The van der Waals surface area contributed by atoms with E-state index in [4.69, 9.17) is 0 Å². The standard InChI is InChI=1S/C27H27N3O3/c1-2-18-27(22-16-10-5-11-17-22)25(32)30(26(33)29-27)19-23(31)28-24(20-12-6-3-7-13-20)21-14-8-4-9-15-21/h3-17,24H,2,18-19H2,1H3,(H,28,31)(H,29,33)/t27-/m1/s1. The fourth-order valence-corrected chi connectivity index (χ4v) is 4.38. The van der Waals surface area contributed by atoms with Crippen molar-refractivity contribution in [3.8, 4) is 0 Å². The summed E-state index contributed by atoms with van der Waals surface area (Å²) in [4.78, 5) is 40.4. The van der Waals surface area contributed by atoms with Gasteiger partial charge < -0.3 is 10.6 Å². The first-order valence-electron chi connectivity index (χ1n) is 11.1. The van der Waals surface area contributed by atoms with Gasteiger partial charge in [0.05, 0.1) is 6.04 Å². The summed E-state index contributed by atoms with van der Waals surface area (Å²) in [5, 5.41) is 5.87. The molecule has 1 heterocycles. The van der Waals surface area contributed by atoms with Gasteiger partial charge in [-0.25, -0.2) is 4.79 Å². The molecule has 0 bridgehead atoms. The largest absolute Gasteiger partial charge is 0.344 e. The van der Waals surface area contributed by atoms with Gasteiger partial charge in [-0.05, 0) is 23.1 Å². The van der Waals surface area contributed by atoms with Gasteiger partial charge in [-0.1, -0.05) is 104 Å². The minimum atomic E-state index is -1.15. The highest BCUT2D eigenvalue weighted by Crippen LogP contribution is 2.33. The van der Waals surface area contributed by atoms with Crippen LogP contribution in [0, 0.1) is 0 Å². The molecule has 1 saturated heterocycles. The SMILES string of the molecule is CCC[C@]1(c2ccccc2)NC(=O)N(CC(=O)NC(c2ccccc2)c2ccccc2)C1=O. The summed E-state index contributed by atoms with van der Waals surface area (Å²) < 4.78 is 0. The van der Waals surface area contributed by atoms with Crippen LogP contribution in [0.25, 0.3) is 0 Å². The average Bonchev–Trinajstić information content (AvgIpc) is 3.09. The second-order valence-corrected chi connectivity index (χ2v) is 8.16. The van der Waals surface area contributed by atoms with E-state index in [1.807, 2.05) is 97.9 Å². The van der Waals surface area contributed by atoms with E-state index in [0.29, 0.717) is 12.8 Å². The quantitative estimate of drug-likeness (QED) is 0.516. The van der Waals surface area contributed by atoms with E-state index in [9.17, 15) is 14.4 Å². The molecule has 168 valence electrons. The lowest BCUT2D eigenvalue weighted by molar-refractivity contribution is -0.135. The Hall–Kier alpha value is -3.93. The van der Waals surface area contributed by atoms with Crippen LogP contribution in [0.3, 0.4) is 0 Å². The van der Waals surface area contributed by atoms with Crippen LogP contribution in [-0.4, -0.2) is 29.3 Å². The van der Waals surface area contributed by atoms with E-state index >= 15 is 0 Å². The van der Waals surface area contributed by atoms with Crippen LogP contribution < -0.4 is 10.6 Å². The first-order valence-corrected chi connectivity index (χ1v) is 11.1. The van der Waals surface area contributed by atoms with E-state index in [-0.39, 0.29) is 6.54 Å². The molecule has 3 aromatic carbocycles. The molecule has 0 radical (unpaired) electrons. The van der Waals surface area contributed by atoms with Gasteiger partial charge in [-0.3, -0.25) is 14.5 Å². The van der Waals surface area contributed by atoms with Crippen LogP contribution in [0.15, 0.2) is 91.0 Å². The number of nitrogens with one attached hydrogen (secondary N) is 2. The van der Waals surface area contributed by atoms with E-state index in [2.05, 4.69) is 10.6 Å². The molecule has 1 aliphatic heterocycles. The zero-order chi connectivity index (χ0) is 23.3. The van der Waals surface area contributed by atoms with Gasteiger partial charge >= 0.3 is 6.03 Å². The van der Waals surface area contributed by atoms with Gasteiger partial charge in [-0.2, -0.15) is 0 Å². The van der Waals surface area contributed by atoms with Gasteiger partial charge in [0.25, 0.3) is 5.91 Å². The Labute approximate surface area is 193 Å². The number of benzene rings is 3. The van der Waals surface area contributed by atoms with Gasteiger partial charge in [0, 0.05) is 0 Å². The van der Waals surface area contributed by atoms with Gasteiger partial charge in [0.2, 0.25) is 5.91 Å². The van der Waals surface area contributed by atoms with Crippen molar-refractivity contribution in [3.05, 3.63) is 108 Å². The number of amides is 4. The Bertz CT molecular complexity index is 1080. The van der Waals surface area contributed by atoms with Crippen LogP contribution >= 0.6 is 0 Å². The molecule has 1 atom stereocenters. The molecule has 1 aliphatic rings. The number of carbonyl (C=O) groups is 3. The van der Waals surface area contributed by atoms with E-state index in [1.54, 1.807) is 0 Å². The molecule has 4 amide bonds. The second kappa shape index (κ2) is 9.69. The summed E-state index contributed by atoms with van der Waals surface area (Å²) in [6.07, 6.45) is 1.15. The lowest BCUT2D eigenvalue weighted by Crippen LogP contribution is -2.45. The molecule has 33 heavy (non-hydrogen) atoms. The van der Waals surface area contributed by atoms with Crippen molar-refractivity contribution >= 4 is 17.8 Å². The Morgan fingerprint density at radius 3 is 1.91 bits per heavy atom. The number of hydrogen-bond acceptors (Lipinski definition) is 3. The summed E-state index contributed by atoms with van der Waals surface area (Å²) in [5.41, 5.74) is 1.41. The molecule has 1 fully saturated rings. The molecule has 6 heteroatoms. The second-order valence-electron chi connectivity index (χ2n) is 8.16. The maximum atomic E-state index is 13.5. The minimum absolute atomic E-state index is 0.348. The average molecular weight is 442 g/mol. The number of nitrogens with zero attached hydrogens (tertiary/aromatic N) is 1. The fourth-order valence-electron chi connectivity index (χ4n) is 4.38. The maximum Gasteiger partial charge on any atom is 0.325 e. The highest BCUT2D eigenvalue weighted by Gasteiger charge is 2.52. The van der Waals surface area contributed by atoms with Crippen LogP contribution in [0.4, 0.5) is 4.79 Å². The molecule has 6 nitrogen and oxygen atoms in total. The smallest absolute Gasteiger partial charge is 0.325 e. The highest BCUT2D eigenvalue weighted by molar-refractivity contribution is 6.09. The summed E-state index contributed by atoms with van der Waals surface area (Å²) in [5.74, 6) is -0.803. The summed E-state index contributed by atoms with van der Waals surface area (Å²) in [6, 6.07) is 27.5. The van der Waals surface area contributed by atoms with Crippen LogP contribution in [-0.2, 0) is 15.1 Å². The summed E-state index contributed by atoms with van der Waals surface area (Å²) in [6.45, 7) is 1.61. The predicted molar refractivity (Wildman–Crippen MR) is 126 cm³/mol.